The molecule has 2 rings (SSSR count). The molecule has 1 atom stereocenters. The van der Waals surface area contributed by atoms with Gasteiger partial charge < -0.3 is 4.90 Å². The zero-order chi connectivity index (χ0) is 16.3. The first kappa shape index (κ1) is 17.4. The van der Waals surface area contributed by atoms with Crippen LogP contribution in [-0.4, -0.2) is 44.5 Å². The van der Waals surface area contributed by atoms with Crippen LogP contribution in [0.5, 0.6) is 0 Å². The second-order valence-corrected chi connectivity index (χ2v) is 7.60. The number of carbonyl (C=O) groups is 1. The first-order chi connectivity index (χ1) is 10.5. The Labute approximate surface area is 139 Å². The summed E-state index contributed by atoms with van der Waals surface area (Å²) in [6.07, 6.45) is 0.831. The highest BCUT2D eigenvalue weighted by molar-refractivity contribution is 8.00. The normalized spacial score (nSPS) is 16.6. The van der Waals surface area contributed by atoms with Crippen molar-refractivity contribution in [1.82, 2.24) is 14.5 Å². The van der Waals surface area contributed by atoms with Gasteiger partial charge in [0.1, 0.15) is 0 Å². The van der Waals surface area contributed by atoms with Gasteiger partial charge in [0.15, 0.2) is 5.16 Å². The van der Waals surface area contributed by atoms with Crippen LogP contribution in [0.15, 0.2) is 14.8 Å². The summed E-state index contributed by atoms with van der Waals surface area (Å²) in [5.74, 6) is 0.422. The number of nitrogens with zero attached hydrogens (tertiary/aromatic N) is 3. The molecule has 7 heteroatoms. The standard InChI is InChI=1S/C15H23N3O2S2/c1-5-17(6-2)12(19)9-21-15-16-11-8-10(4)22-13(11)14(20)18(15)7-3/h10H,5-9H2,1-4H3. The molecule has 0 radical (unpaired) electrons. The predicted molar refractivity (Wildman–Crippen MR) is 91.8 cm³/mol. The van der Waals surface area contributed by atoms with E-state index in [0.29, 0.717) is 35.8 Å². The molecule has 5 nitrogen and oxygen atoms in total. The molecule has 1 aliphatic rings. The van der Waals surface area contributed by atoms with Gasteiger partial charge in [0.2, 0.25) is 5.91 Å². The molecule has 1 aromatic rings. The average molecular weight is 342 g/mol. The Morgan fingerprint density at radius 3 is 2.68 bits per heavy atom. The lowest BCUT2D eigenvalue weighted by molar-refractivity contribution is -0.127. The lowest BCUT2D eigenvalue weighted by Gasteiger charge is -2.18. The van der Waals surface area contributed by atoms with Crippen LogP contribution < -0.4 is 5.56 Å². The van der Waals surface area contributed by atoms with E-state index in [0.717, 1.165) is 17.0 Å². The Morgan fingerprint density at radius 1 is 1.41 bits per heavy atom. The first-order valence-corrected chi connectivity index (χ1v) is 9.59. The molecule has 1 unspecified atom stereocenters. The van der Waals surface area contributed by atoms with Gasteiger partial charge in [0.25, 0.3) is 5.56 Å². The van der Waals surface area contributed by atoms with Crippen LogP contribution in [-0.2, 0) is 17.8 Å². The van der Waals surface area contributed by atoms with Crippen molar-refractivity contribution < 1.29 is 4.79 Å². The van der Waals surface area contributed by atoms with Crippen LogP contribution in [0.3, 0.4) is 0 Å². The van der Waals surface area contributed by atoms with Crippen LogP contribution in [0.25, 0.3) is 0 Å². The maximum atomic E-state index is 12.5. The fraction of sp³-hybridized carbons (Fsp3) is 0.667. The summed E-state index contributed by atoms with van der Waals surface area (Å²) < 4.78 is 1.68. The molecule has 0 aliphatic carbocycles. The Hall–Kier alpha value is -0.950. The van der Waals surface area contributed by atoms with Crippen molar-refractivity contribution in [2.24, 2.45) is 0 Å². The van der Waals surface area contributed by atoms with Crippen LogP contribution in [0.2, 0.25) is 0 Å². The SMILES string of the molecule is CCN(CC)C(=O)CSc1nc2c(c(=O)n1CC)SC(C)C2. The minimum Gasteiger partial charge on any atom is -0.343 e. The second kappa shape index (κ2) is 7.55. The summed E-state index contributed by atoms with van der Waals surface area (Å²) in [5, 5.41) is 1.07. The summed E-state index contributed by atoms with van der Waals surface area (Å²) >= 11 is 2.98. The smallest absolute Gasteiger partial charge is 0.268 e. The van der Waals surface area contributed by atoms with Crippen molar-refractivity contribution >= 4 is 29.4 Å². The summed E-state index contributed by atoms with van der Waals surface area (Å²) in [7, 11) is 0. The van der Waals surface area contributed by atoms with Crippen LogP contribution in [0, 0.1) is 0 Å². The number of amides is 1. The first-order valence-electron chi connectivity index (χ1n) is 7.72. The Bertz CT molecular complexity index is 612. The van der Waals surface area contributed by atoms with Gasteiger partial charge in [0.05, 0.1) is 16.3 Å². The summed E-state index contributed by atoms with van der Waals surface area (Å²) in [4.78, 5) is 31.9. The molecule has 2 heterocycles. The molecule has 0 aromatic carbocycles. The predicted octanol–water partition coefficient (Wildman–Crippen LogP) is 2.26. The van der Waals surface area contributed by atoms with Gasteiger partial charge in [-0.25, -0.2) is 4.98 Å². The lowest BCUT2D eigenvalue weighted by Crippen LogP contribution is -2.32. The highest BCUT2D eigenvalue weighted by Gasteiger charge is 2.26. The van der Waals surface area contributed by atoms with Gasteiger partial charge in [-0.3, -0.25) is 14.2 Å². The van der Waals surface area contributed by atoms with Gasteiger partial charge in [-0.1, -0.05) is 18.7 Å². The van der Waals surface area contributed by atoms with E-state index < -0.39 is 0 Å². The Balaban J connectivity index is 2.21. The third kappa shape index (κ3) is 3.51. The molecule has 0 saturated carbocycles. The Kier molecular flexibility index (Phi) is 5.97. The largest absolute Gasteiger partial charge is 0.343 e. The molecule has 0 bridgehead atoms. The average Bonchev–Trinajstić information content (AvgIpc) is 2.87. The van der Waals surface area contributed by atoms with E-state index in [1.807, 2.05) is 20.8 Å². The molecule has 1 aromatic heterocycles. The second-order valence-electron chi connectivity index (χ2n) is 5.21. The highest BCUT2D eigenvalue weighted by atomic mass is 32.2. The molecule has 0 spiro atoms. The number of hydrogen-bond acceptors (Lipinski definition) is 5. The number of carbonyl (C=O) groups excluding carboxylic acids is 1. The van der Waals surface area contributed by atoms with Crippen molar-refractivity contribution in [1.29, 1.82) is 0 Å². The fourth-order valence-electron chi connectivity index (χ4n) is 2.51. The van der Waals surface area contributed by atoms with E-state index in [1.165, 1.54) is 11.8 Å². The molecular weight excluding hydrogens is 318 g/mol. The molecule has 1 amide bonds. The quantitative estimate of drug-likeness (QED) is 0.587. The maximum absolute atomic E-state index is 12.5. The molecule has 0 saturated heterocycles. The van der Waals surface area contributed by atoms with Gasteiger partial charge in [-0.15, -0.1) is 11.8 Å². The van der Waals surface area contributed by atoms with Gasteiger partial charge in [0, 0.05) is 31.3 Å². The zero-order valence-corrected chi connectivity index (χ0v) is 15.2. The van der Waals surface area contributed by atoms with E-state index in [-0.39, 0.29) is 11.5 Å². The number of aromatic nitrogens is 2. The topological polar surface area (TPSA) is 55.2 Å². The summed E-state index contributed by atoms with van der Waals surface area (Å²) in [5.41, 5.74) is 0.935. The number of hydrogen-bond donors (Lipinski definition) is 0. The van der Waals surface area contributed by atoms with Crippen molar-refractivity contribution in [3.63, 3.8) is 0 Å². The Morgan fingerprint density at radius 2 is 2.09 bits per heavy atom. The van der Waals surface area contributed by atoms with Gasteiger partial charge >= 0.3 is 0 Å². The van der Waals surface area contributed by atoms with Gasteiger partial charge in [-0.2, -0.15) is 0 Å². The van der Waals surface area contributed by atoms with Crippen molar-refractivity contribution in [3.05, 3.63) is 16.0 Å². The maximum Gasteiger partial charge on any atom is 0.268 e. The molecule has 0 fully saturated rings. The fourth-order valence-corrected chi connectivity index (χ4v) is 4.61. The molecule has 22 heavy (non-hydrogen) atoms. The van der Waals surface area contributed by atoms with Crippen LogP contribution in [0.4, 0.5) is 0 Å². The van der Waals surface area contributed by atoms with Gasteiger partial charge in [-0.05, 0) is 20.8 Å². The van der Waals surface area contributed by atoms with Crippen molar-refractivity contribution in [2.45, 2.75) is 56.0 Å². The van der Waals surface area contributed by atoms with Crippen LogP contribution >= 0.6 is 23.5 Å². The minimum atomic E-state index is 0.0413. The summed E-state index contributed by atoms with van der Waals surface area (Å²) in [6.45, 7) is 9.99. The number of fused-ring (bicyclic) bond motifs is 1. The minimum absolute atomic E-state index is 0.0413. The highest BCUT2D eigenvalue weighted by Crippen LogP contribution is 2.34. The molecule has 1 aliphatic heterocycles. The number of rotatable bonds is 6. The molecule has 0 N–H and O–H groups in total. The van der Waals surface area contributed by atoms with E-state index in [2.05, 4.69) is 11.9 Å². The lowest BCUT2D eigenvalue weighted by atomic mass is 10.2. The van der Waals surface area contributed by atoms with E-state index in [4.69, 9.17) is 0 Å². The molecular formula is C15H23N3O2S2. The number of thioether (sulfide) groups is 2. The van der Waals surface area contributed by atoms with E-state index in [9.17, 15) is 9.59 Å². The zero-order valence-electron chi connectivity index (χ0n) is 13.6. The van der Waals surface area contributed by atoms with E-state index in [1.54, 1.807) is 21.2 Å². The third-order valence-corrected chi connectivity index (χ3v) is 5.90. The third-order valence-electron chi connectivity index (χ3n) is 3.72. The van der Waals surface area contributed by atoms with Crippen molar-refractivity contribution in [3.8, 4) is 0 Å². The summed E-state index contributed by atoms with van der Waals surface area (Å²) in [6, 6.07) is 0. The molecule has 122 valence electrons. The van der Waals surface area contributed by atoms with Crippen molar-refractivity contribution in [2.75, 3.05) is 18.8 Å². The van der Waals surface area contributed by atoms with E-state index >= 15 is 0 Å². The monoisotopic (exact) mass is 341 g/mol. The van der Waals surface area contributed by atoms with Crippen LogP contribution in [0.1, 0.15) is 33.4 Å².